The second-order valence-electron chi connectivity index (χ2n) is 4.49. The minimum absolute atomic E-state index is 0.766. The van der Waals surface area contributed by atoms with Crippen LogP contribution in [0.25, 0.3) is 0 Å². The van der Waals surface area contributed by atoms with Crippen LogP contribution >= 0.6 is 0 Å². The summed E-state index contributed by atoms with van der Waals surface area (Å²) in [5.41, 5.74) is 1.44. The molecule has 0 spiro atoms. The van der Waals surface area contributed by atoms with Gasteiger partial charge in [-0.05, 0) is 55.8 Å². The molecule has 0 aromatic carbocycles. The topological polar surface area (TPSA) is 24.9 Å². The van der Waals surface area contributed by atoms with Crippen molar-refractivity contribution in [3.63, 3.8) is 0 Å². The molecule has 2 rings (SSSR count). The molecule has 1 aliphatic carbocycles. The van der Waals surface area contributed by atoms with Crippen molar-refractivity contribution >= 4 is 0 Å². The Morgan fingerprint density at radius 1 is 1.33 bits per heavy atom. The predicted octanol–water partition coefficient (Wildman–Crippen LogP) is 2.40. The van der Waals surface area contributed by atoms with Crippen LogP contribution in [0.5, 0.6) is 0 Å². The highest BCUT2D eigenvalue weighted by atomic mass is 14.9. The van der Waals surface area contributed by atoms with Crippen molar-refractivity contribution in [3.05, 3.63) is 30.1 Å². The number of hydrogen-bond donors (Lipinski definition) is 1. The van der Waals surface area contributed by atoms with Crippen LogP contribution in [-0.4, -0.2) is 17.6 Å². The maximum Gasteiger partial charge on any atom is 0.0270 e. The summed E-state index contributed by atoms with van der Waals surface area (Å²) in [6.45, 7) is 3.29. The van der Waals surface area contributed by atoms with Gasteiger partial charge in [-0.3, -0.25) is 4.98 Å². The summed E-state index contributed by atoms with van der Waals surface area (Å²) in [6.07, 6.45) is 9.09. The maximum absolute atomic E-state index is 4.05. The van der Waals surface area contributed by atoms with E-state index in [1.165, 1.54) is 31.2 Å². The van der Waals surface area contributed by atoms with Crippen molar-refractivity contribution in [3.8, 4) is 0 Å². The third-order valence-electron chi connectivity index (χ3n) is 3.31. The molecule has 1 aromatic heterocycles. The lowest BCUT2D eigenvalue weighted by Crippen LogP contribution is -2.25. The molecule has 1 N–H and O–H groups in total. The molecule has 1 aliphatic rings. The van der Waals surface area contributed by atoms with Crippen LogP contribution in [0.15, 0.2) is 24.5 Å². The summed E-state index contributed by atoms with van der Waals surface area (Å²) >= 11 is 0. The van der Waals surface area contributed by atoms with E-state index in [4.69, 9.17) is 0 Å². The number of hydrogen-bond acceptors (Lipinski definition) is 2. The van der Waals surface area contributed by atoms with E-state index in [0.29, 0.717) is 0 Å². The minimum Gasteiger partial charge on any atom is -0.314 e. The van der Waals surface area contributed by atoms with Gasteiger partial charge in [0.15, 0.2) is 0 Å². The zero-order chi connectivity index (χ0) is 10.5. The zero-order valence-electron chi connectivity index (χ0n) is 9.45. The number of aromatic nitrogens is 1. The molecule has 0 bridgehead atoms. The van der Waals surface area contributed by atoms with Gasteiger partial charge in [-0.2, -0.15) is 0 Å². The third kappa shape index (κ3) is 3.03. The molecule has 0 radical (unpaired) electrons. The highest BCUT2D eigenvalue weighted by Gasteiger charge is 2.23. The van der Waals surface area contributed by atoms with Gasteiger partial charge in [0, 0.05) is 18.4 Å². The van der Waals surface area contributed by atoms with E-state index in [9.17, 15) is 0 Å². The first-order valence-corrected chi connectivity index (χ1v) is 6.00. The average Bonchev–Trinajstić information content (AvgIpc) is 2.68. The molecule has 2 nitrogen and oxygen atoms in total. The number of pyridine rings is 1. The Balaban J connectivity index is 1.82. The predicted molar refractivity (Wildman–Crippen MR) is 62.7 cm³/mol. The first-order valence-electron chi connectivity index (χ1n) is 6.00. The van der Waals surface area contributed by atoms with Gasteiger partial charge in [0.25, 0.3) is 0 Å². The fourth-order valence-electron chi connectivity index (χ4n) is 2.59. The molecular formula is C13H20N2. The fraction of sp³-hybridized carbons (Fsp3) is 0.615. The van der Waals surface area contributed by atoms with Gasteiger partial charge < -0.3 is 5.32 Å². The number of rotatable bonds is 4. The number of nitrogens with zero attached hydrogens (tertiary/aromatic N) is 1. The smallest absolute Gasteiger partial charge is 0.0270 e. The van der Waals surface area contributed by atoms with Crippen molar-refractivity contribution < 1.29 is 0 Å². The average molecular weight is 204 g/mol. The van der Waals surface area contributed by atoms with E-state index in [2.05, 4.69) is 29.4 Å². The van der Waals surface area contributed by atoms with Crippen molar-refractivity contribution in [2.75, 3.05) is 6.54 Å². The van der Waals surface area contributed by atoms with Crippen molar-refractivity contribution in [1.82, 2.24) is 10.3 Å². The summed E-state index contributed by atoms with van der Waals surface area (Å²) in [6, 6.07) is 5.04. The maximum atomic E-state index is 4.05. The van der Waals surface area contributed by atoms with E-state index in [1.54, 1.807) is 0 Å². The monoisotopic (exact) mass is 204 g/mol. The van der Waals surface area contributed by atoms with Crippen LogP contribution in [0.1, 0.15) is 31.7 Å². The highest BCUT2D eigenvalue weighted by Crippen LogP contribution is 2.28. The van der Waals surface area contributed by atoms with Gasteiger partial charge >= 0.3 is 0 Å². The molecule has 1 saturated carbocycles. The normalized spacial score (nSPS) is 25.7. The Bertz CT molecular complexity index is 284. The van der Waals surface area contributed by atoms with Crippen molar-refractivity contribution in [2.45, 2.75) is 38.6 Å². The van der Waals surface area contributed by atoms with Gasteiger partial charge in [-0.1, -0.05) is 6.92 Å². The molecule has 1 aromatic rings. The first kappa shape index (κ1) is 10.6. The molecule has 0 aliphatic heterocycles. The summed E-state index contributed by atoms with van der Waals surface area (Å²) in [4.78, 5) is 4.05. The van der Waals surface area contributed by atoms with Gasteiger partial charge in [-0.25, -0.2) is 0 Å². The Kier molecular flexibility index (Phi) is 3.73. The third-order valence-corrected chi connectivity index (χ3v) is 3.31. The van der Waals surface area contributed by atoms with E-state index in [1.807, 2.05) is 12.4 Å². The number of nitrogens with one attached hydrogen (secondary N) is 1. The second-order valence-corrected chi connectivity index (χ2v) is 4.49. The van der Waals surface area contributed by atoms with Crippen LogP contribution in [0.3, 0.4) is 0 Å². The zero-order valence-corrected chi connectivity index (χ0v) is 9.45. The molecule has 2 atom stereocenters. The lowest BCUT2D eigenvalue weighted by Gasteiger charge is -2.11. The lowest BCUT2D eigenvalue weighted by atomic mass is 9.98. The Hall–Kier alpha value is -0.890. The van der Waals surface area contributed by atoms with Crippen molar-refractivity contribution in [1.29, 1.82) is 0 Å². The molecule has 2 heteroatoms. The minimum atomic E-state index is 0.766. The van der Waals surface area contributed by atoms with Crippen molar-refractivity contribution in [2.24, 2.45) is 5.92 Å². The second kappa shape index (κ2) is 5.26. The summed E-state index contributed by atoms with van der Waals surface area (Å²) in [7, 11) is 0. The molecule has 1 heterocycles. The molecule has 82 valence electrons. The summed E-state index contributed by atoms with van der Waals surface area (Å²) < 4.78 is 0. The molecule has 2 unspecified atom stereocenters. The first-order chi connectivity index (χ1) is 7.38. The van der Waals surface area contributed by atoms with E-state index >= 15 is 0 Å². The van der Waals surface area contributed by atoms with Crippen LogP contribution in [0, 0.1) is 5.92 Å². The molecule has 0 saturated heterocycles. The van der Waals surface area contributed by atoms with Gasteiger partial charge in [0.05, 0.1) is 0 Å². The SMILES string of the molecule is CCNC1CCC(Cc2ccncc2)C1. The fourth-order valence-corrected chi connectivity index (χ4v) is 2.59. The molecule has 1 fully saturated rings. The standard InChI is InChI=1S/C13H20N2/c1-2-15-13-4-3-12(10-13)9-11-5-7-14-8-6-11/h5-8,12-13,15H,2-4,9-10H2,1H3. The van der Waals surface area contributed by atoms with Gasteiger partial charge in [-0.15, -0.1) is 0 Å². The van der Waals surface area contributed by atoms with Crippen LogP contribution in [0.4, 0.5) is 0 Å². The highest BCUT2D eigenvalue weighted by molar-refractivity contribution is 5.11. The summed E-state index contributed by atoms with van der Waals surface area (Å²) in [5.74, 6) is 0.872. The molecule has 0 amide bonds. The van der Waals surface area contributed by atoms with E-state index in [0.717, 1.165) is 18.5 Å². The molecule has 15 heavy (non-hydrogen) atoms. The largest absolute Gasteiger partial charge is 0.314 e. The van der Waals surface area contributed by atoms with Gasteiger partial charge in [0.2, 0.25) is 0 Å². The quantitative estimate of drug-likeness (QED) is 0.814. The van der Waals surface area contributed by atoms with Gasteiger partial charge in [0.1, 0.15) is 0 Å². The summed E-state index contributed by atoms with van der Waals surface area (Å²) in [5, 5.41) is 3.55. The van der Waals surface area contributed by atoms with Crippen LogP contribution < -0.4 is 5.32 Å². The Morgan fingerprint density at radius 2 is 2.13 bits per heavy atom. The van der Waals surface area contributed by atoms with Crippen LogP contribution in [0.2, 0.25) is 0 Å². The van der Waals surface area contributed by atoms with E-state index < -0.39 is 0 Å². The Labute approximate surface area is 92.1 Å². The molecular weight excluding hydrogens is 184 g/mol. The Morgan fingerprint density at radius 3 is 2.87 bits per heavy atom. The lowest BCUT2D eigenvalue weighted by molar-refractivity contribution is 0.493. The van der Waals surface area contributed by atoms with Crippen LogP contribution in [-0.2, 0) is 6.42 Å². The van der Waals surface area contributed by atoms with E-state index in [-0.39, 0.29) is 0 Å².